The van der Waals surface area contributed by atoms with E-state index < -0.39 is 0 Å². The van der Waals surface area contributed by atoms with Crippen molar-refractivity contribution in [2.45, 2.75) is 32.9 Å². The van der Waals surface area contributed by atoms with Crippen LogP contribution in [-0.4, -0.2) is 23.1 Å². The molecular weight excluding hydrogens is 250 g/mol. The maximum Gasteiger partial charge on any atom is 0.125 e. The lowest BCUT2D eigenvalue weighted by Gasteiger charge is -2.15. The van der Waals surface area contributed by atoms with Gasteiger partial charge in [0.2, 0.25) is 0 Å². The van der Waals surface area contributed by atoms with E-state index in [4.69, 9.17) is 4.74 Å². The van der Waals surface area contributed by atoms with E-state index in [2.05, 4.69) is 28.3 Å². The molecule has 1 N–H and O–H groups in total. The highest BCUT2D eigenvalue weighted by atomic mass is 16.5. The highest BCUT2D eigenvalue weighted by Gasteiger charge is 2.08. The summed E-state index contributed by atoms with van der Waals surface area (Å²) < 4.78 is 5.38. The second kappa shape index (κ2) is 7.01. The number of aromatic nitrogens is 2. The SMILES string of the molecule is COc1ccccc1CC(C)NCc1ccnc(C)n1. The topological polar surface area (TPSA) is 47.0 Å². The first-order valence-electron chi connectivity index (χ1n) is 6.83. The van der Waals surface area contributed by atoms with Crippen LogP contribution in [0.3, 0.4) is 0 Å². The largest absolute Gasteiger partial charge is 0.496 e. The van der Waals surface area contributed by atoms with E-state index in [1.165, 1.54) is 5.56 Å². The van der Waals surface area contributed by atoms with Crippen molar-refractivity contribution in [3.8, 4) is 5.75 Å². The number of nitrogens with one attached hydrogen (secondary N) is 1. The molecule has 0 aliphatic heterocycles. The molecular formula is C16H21N3O. The van der Waals surface area contributed by atoms with E-state index >= 15 is 0 Å². The molecule has 1 unspecified atom stereocenters. The van der Waals surface area contributed by atoms with Crippen molar-refractivity contribution < 1.29 is 4.74 Å². The first kappa shape index (κ1) is 14.5. The summed E-state index contributed by atoms with van der Waals surface area (Å²) in [6, 6.07) is 10.4. The summed E-state index contributed by atoms with van der Waals surface area (Å²) >= 11 is 0. The number of methoxy groups -OCH3 is 1. The predicted octanol–water partition coefficient (Wildman–Crippen LogP) is 2.51. The number of benzene rings is 1. The summed E-state index contributed by atoms with van der Waals surface area (Å²) in [7, 11) is 1.71. The summed E-state index contributed by atoms with van der Waals surface area (Å²) in [6.45, 7) is 4.82. The molecule has 0 spiro atoms. The zero-order valence-corrected chi connectivity index (χ0v) is 12.3. The van der Waals surface area contributed by atoms with Crippen LogP contribution in [0.1, 0.15) is 24.0 Å². The van der Waals surface area contributed by atoms with Gasteiger partial charge < -0.3 is 10.1 Å². The summed E-state index contributed by atoms with van der Waals surface area (Å²) in [5, 5.41) is 3.48. The molecule has 0 saturated heterocycles. The summed E-state index contributed by atoms with van der Waals surface area (Å²) in [5.74, 6) is 1.75. The Hall–Kier alpha value is -1.94. The Morgan fingerprint density at radius 3 is 2.80 bits per heavy atom. The van der Waals surface area contributed by atoms with Crippen molar-refractivity contribution in [3.05, 3.63) is 53.6 Å². The molecule has 1 atom stereocenters. The van der Waals surface area contributed by atoms with Crippen LogP contribution in [0.5, 0.6) is 5.75 Å². The van der Waals surface area contributed by atoms with Crippen LogP contribution in [-0.2, 0) is 13.0 Å². The number of hydrogen-bond donors (Lipinski definition) is 1. The molecule has 0 amide bonds. The number of para-hydroxylation sites is 1. The Labute approximate surface area is 120 Å². The van der Waals surface area contributed by atoms with Gasteiger partial charge in [-0.1, -0.05) is 18.2 Å². The lowest BCUT2D eigenvalue weighted by Crippen LogP contribution is -2.28. The van der Waals surface area contributed by atoms with Gasteiger partial charge >= 0.3 is 0 Å². The summed E-state index contributed by atoms with van der Waals surface area (Å²) in [5.41, 5.74) is 2.23. The Balaban J connectivity index is 1.91. The van der Waals surface area contributed by atoms with Crippen LogP contribution in [0.25, 0.3) is 0 Å². The fourth-order valence-corrected chi connectivity index (χ4v) is 2.16. The maximum atomic E-state index is 5.38. The van der Waals surface area contributed by atoms with Crippen molar-refractivity contribution in [3.63, 3.8) is 0 Å². The molecule has 1 heterocycles. The van der Waals surface area contributed by atoms with Gasteiger partial charge in [-0.25, -0.2) is 9.97 Å². The smallest absolute Gasteiger partial charge is 0.125 e. The van der Waals surface area contributed by atoms with Crippen LogP contribution in [0.4, 0.5) is 0 Å². The fourth-order valence-electron chi connectivity index (χ4n) is 2.16. The minimum absolute atomic E-state index is 0.349. The standard InChI is InChI=1S/C16H21N3O/c1-12(10-14-6-4-5-7-16(14)20-3)18-11-15-8-9-17-13(2)19-15/h4-9,12,18H,10-11H2,1-3H3. The van der Waals surface area contributed by atoms with E-state index in [0.717, 1.165) is 30.2 Å². The third kappa shape index (κ3) is 4.03. The lowest BCUT2D eigenvalue weighted by atomic mass is 10.1. The zero-order chi connectivity index (χ0) is 14.4. The van der Waals surface area contributed by atoms with Crippen LogP contribution >= 0.6 is 0 Å². The van der Waals surface area contributed by atoms with Gasteiger partial charge in [-0.3, -0.25) is 0 Å². The van der Waals surface area contributed by atoms with Gasteiger partial charge in [0.05, 0.1) is 12.8 Å². The van der Waals surface area contributed by atoms with E-state index in [-0.39, 0.29) is 0 Å². The van der Waals surface area contributed by atoms with Gasteiger partial charge in [0.25, 0.3) is 0 Å². The molecule has 0 fully saturated rings. The Morgan fingerprint density at radius 2 is 2.05 bits per heavy atom. The predicted molar refractivity (Wildman–Crippen MR) is 79.8 cm³/mol. The number of ether oxygens (including phenoxy) is 1. The molecule has 2 aromatic rings. The highest BCUT2D eigenvalue weighted by Crippen LogP contribution is 2.18. The third-order valence-corrected chi connectivity index (χ3v) is 3.18. The second-order valence-corrected chi connectivity index (χ2v) is 4.89. The first-order chi connectivity index (χ1) is 9.69. The molecule has 1 aromatic heterocycles. The van der Waals surface area contributed by atoms with Crippen molar-refractivity contribution in [2.24, 2.45) is 0 Å². The number of hydrogen-bond acceptors (Lipinski definition) is 4. The number of rotatable bonds is 6. The van der Waals surface area contributed by atoms with Gasteiger partial charge in [0.1, 0.15) is 11.6 Å². The molecule has 0 bridgehead atoms. The van der Waals surface area contributed by atoms with Crippen LogP contribution < -0.4 is 10.1 Å². The molecule has 0 saturated carbocycles. The normalized spacial score (nSPS) is 12.2. The average molecular weight is 271 g/mol. The van der Waals surface area contributed by atoms with E-state index in [1.807, 2.05) is 31.2 Å². The monoisotopic (exact) mass is 271 g/mol. The number of aryl methyl sites for hydroxylation is 1. The average Bonchev–Trinajstić information content (AvgIpc) is 2.46. The first-order valence-corrected chi connectivity index (χ1v) is 6.83. The Morgan fingerprint density at radius 1 is 1.25 bits per heavy atom. The molecule has 0 aliphatic carbocycles. The van der Waals surface area contributed by atoms with Gasteiger partial charge in [-0.05, 0) is 38.0 Å². The van der Waals surface area contributed by atoms with E-state index in [0.29, 0.717) is 6.04 Å². The number of nitrogens with zero attached hydrogens (tertiary/aromatic N) is 2. The van der Waals surface area contributed by atoms with Crippen molar-refractivity contribution in [2.75, 3.05) is 7.11 Å². The minimum Gasteiger partial charge on any atom is -0.496 e. The van der Waals surface area contributed by atoms with Crippen molar-refractivity contribution >= 4 is 0 Å². The van der Waals surface area contributed by atoms with Gasteiger partial charge in [-0.2, -0.15) is 0 Å². The van der Waals surface area contributed by atoms with Gasteiger partial charge in [-0.15, -0.1) is 0 Å². The quantitative estimate of drug-likeness (QED) is 0.877. The molecule has 4 heteroatoms. The summed E-state index contributed by atoms with van der Waals surface area (Å²) in [4.78, 5) is 8.49. The highest BCUT2D eigenvalue weighted by molar-refractivity contribution is 5.33. The molecule has 20 heavy (non-hydrogen) atoms. The Bertz CT molecular complexity index is 557. The molecule has 106 valence electrons. The van der Waals surface area contributed by atoms with Crippen molar-refractivity contribution in [1.29, 1.82) is 0 Å². The van der Waals surface area contributed by atoms with E-state index in [9.17, 15) is 0 Å². The van der Waals surface area contributed by atoms with Crippen LogP contribution in [0.15, 0.2) is 36.5 Å². The molecule has 0 radical (unpaired) electrons. The van der Waals surface area contributed by atoms with Crippen LogP contribution in [0.2, 0.25) is 0 Å². The molecule has 1 aromatic carbocycles. The maximum absolute atomic E-state index is 5.38. The molecule has 4 nitrogen and oxygen atoms in total. The van der Waals surface area contributed by atoms with Gasteiger partial charge in [0.15, 0.2) is 0 Å². The summed E-state index contributed by atoms with van der Waals surface area (Å²) in [6.07, 6.45) is 2.72. The van der Waals surface area contributed by atoms with Gasteiger partial charge in [0, 0.05) is 18.8 Å². The second-order valence-electron chi connectivity index (χ2n) is 4.89. The fraction of sp³-hybridized carbons (Fsp3) is 0.375. The Kier molecular flexibility index (Phi) is 5.07. The zero-order valence-electron chi connectivity index (χ0n) is 12.3. The minimum atomic E-state index is 0.349. The van der Waals surface area contributed by atoms with Crippen LogP contribution in [0, 0.1) is 6.92 Å². The lowest BCUT2D eigenvalue weighted by molar-refractivity contribution is 0.406. The van der Waals surface area contributed by atoms with E-state index in [1.54, 1.807) is 13.3 Å². The molecule has 0 aliphatic rings. The van der Waals surface area contributed by atoms with Crippen molar-refractivity contribution in [1.82, 2.24) is 15.3 Å². The third-order valence-electron chi connectivity index (χ3n) is 3.18. The molecule has 2 rings (SSSR count).